The Balaban J connectivity index is 3.04. The number of hydrogen-bond acceptors (Lipinski definition) is 5. The van der Waals surface area contributed by atoms with Gasteiger partial charge in [-0.05, 0) is 45.4 Å². The molecule has 0 aliphatic carbocycles. The molecule has 0 N–H and O–H groups in total. The van der Waals surface area contributed by atoms with Crippen LogP contribution in [0.5, 0.6) is 0 Å². The molecular weight excluding hydrogens is 322 g/mol. The number of aromatic nitrogens is 2. The maximum absolute atomic E-state index is 12.4. The number of carbonyl (C=O) groups is 1. The van der Waals surface area contributed by atoms with E-state index in [1.807, 2.05) is 34.6 Å². The Morgan fingerprint density at radius 3 is 2.32 bits per heavy atom. The van der Waals surface area contributed by atoms with Gasteiger partial charge in [0.05, 0.1) is 0 Å². The molecule has 144 valence electrons. The van der Waals surface area contributed by atoms with E-state index < -0.39 is 23.5 Å². The van der Waals surface area contributed by atoms with E-state index >= 15 is 0 Å². The van der Waals surface area contributed by atoms with Crippen molar-refractivity contribution in [1.29, 1.82) is 0 Å². The zero-order valence-corrected chi connectivity index (χ0v) is 16.8. The van der Waals surface area contributed by atoms with Gasteiger partial charge in [0.1, 0.15) is 11.6 Å². The lowest BCUT2D eigenvalue weighted by Gasteiger charge is -2.29. The first-order valence-corrected chi connectivity index (χ1v) is 8.94. The maximum atomic E-state index is 12.4. The molecule has 7 heteroatoms. The van der Waals surface area contributed by atoms with Crippen LogP contribution in [-0.4, -0.2) is 33.4 Å². The van der Waals surface area contributed by atoms with Gasteiger partial charge in [0.25, 0.3) is 0 Å². The predicted molar refractivity (Wildman–Crippen MR) is 96.4 cm³/mol. The van der Waals surface area contributed by atoms with Crippen LogP contribution >= 0.6 is 0 Å². The van der Waals surface area contributed by atoms with Gasteiger partial charge in [-0.2, -0.15) is 4.68 Å². The highest BCUT2D eigenvalue weighted by atomic mass is 16.6. The normalized spacial score (nSPS) is 13.4. The first-order chi connectivity index (χ1) is 11.4. The number of carbonyl (C=O) groups excluding carboxylic acids is 1. The minimum atomic E-state index is -0.592. The average Bonchev–Trinajstić information content (AvgIpc) is 2.80. The fourth-order valence-corrected chi connectivity index (χ4v) is 2.31. The van der Waals surface area contributed by atoms with Crippen LogP contribution in [0.1, 0.15) is 73.2 Å². The second-order valence-electron chi connectivity index (χ2n) is 8.35. The molecule has 1 heterocycles. The number of nitrogens with zero attached hydrogens (tertiary/aromatic N) is 3. The molecule has 1 unspecified atom stereocenters. The molecule has 7 nitrogen and oxygen atoms in total. The minimum Gasteiger partial charge on any atom is -0.444 e. The Kier molecular flexibility index (Phi) is 7.26. The van der Waals surface area contributed by atoms with Crippen molar-refractivity contribution in [2.45, 2.75) is 79.5 Å². The molecule has 1 aromatic heterocycles. The van der Waals surface area contributed by atoms with E-state index in [0.717, 1.165) is 6.42 Å². The number of aryl methyl sites for hydroxylation is 1. The molecular formula is C18H33N3O4. The van der Waals surface area contributed by atoms with Gasteiger partial charge >= 0.3 is 11.8 Å². The Morgan fingerprint density at radius 1 is 1.24 bits per heavy atom. The summed E-state index contributed by atoms with van der Waals surface area (Å²) in [5.74, 6) is 0.529. The fraction of sp³-hybridized carbons (Fsp3) is 0.833. The average molecular weight is 355 g/mol. The van der Waals surface area contributed by atoms with Crippen molar-refractivity contribution in [3.05, 3.63) is 16.4 Å². The van der Waals surface area contributed by atoms with E-state index in [9.17, 15) is 9.59 Å². The van der Waals surface area contributed by atoms with Crippen LogP contribution < -0.4 is 5.76 Å². The molecule has 1 amide bonds. The number of amides is 1. The van der Waals surface area contributed by atoms with Crippen LogP contribution in [0, 0.1) is 11.8 Å². The highest BCUT2D eigenvalue weighted by Gasteiger charge is 2.31. The van der Waals surface area contributed by atoms with Crippen LogP contribution in [0.2, 0.25) is 0 Å². The lowest BCUT2D eigenvalue weighted by atomic mass is 10.0. The van der Waals surface area contributed by atoms with Crippen molar-refractivity contribution in [1.82, 2.24) is 14.7 Å². The van der Waals surface area contributed by atoms with Gasteiger partial charge in [-0.25, -0.2) is 9.59 Å². The summed E-state index contributed by atoms with van der Waals surface area (Å²) in [5.41, 5.74) is -0.592. The third-order valence-corrected chi connectivity index (χ3v) is 3.67. The lowest BCUT2D eigenvalue weighted by Crippen LogP contribution is -2.37. The molecule has 1 rings (SSSR count). The van der Waals surface area contributed by atoms with Gasteiger partial charge in [-0.1, -0.05) is 27.7 Å². The lowest BCUT2D eigenvalue weighted by molar-refractivity contribution is 0.0173. The molecule has 1 atom stereocenters. The van der Waals surface area contributed by atoms with Gasteiger partial charge in [0, 0.05) is 13.6 Å². The summed E-state index contributed by atoms with van der Waals surface area (Å²) in [4.78, 5) is 25.9. The molecule has 0 aliphatic rings. The zero-order chi connectivity index (χ0) is 19.4. The molecule has 0 aromatic carbocycles. The van der Waals surface area contributed by atoms with Crippen LogP contribution in [0.4, 0.5) is 4.79 Å². The Bertz CT molecular complexity index is 611. The van der Waals surface area contributed by atoms with E-state index in [1.165, 1.54) is 9.58 Å². The standard InChI is InChI=1S/C18H33N3O4/c1-12(2)9-10-21-17(23)24-15(19-21)14(11-13(3)4)20(8)16(22)25-18(5,6)7/h12-14H,9-11H2,1-8H3. The Labute approximate surface area is 150 Å². The second kappa shape index (κ2) is 8.54. The summed E-state index contributed by atoms with van der Waals surface area (Å²) >= 11 is 0. The minimum absolute atomic E-state index is 0.260. The van der Waals surface area contributed by atoms with Crippen molar-refractivity contribution >= 4 is 6.09 Å². The third-order valence-electron chi connectivity index (χ3n) is 3.67. The van der Waals surface area contributed by atoms with E-state index in [0.29, 0.717) is 24.8 Å². The first kappa shape index (κ1) is 21.3. The smallest absolute Gasteiger partial charge is 0.437 e. The second-order valence-corrected chi connectivity index (χ2v) is 8.35. The van der Waals surface area contributed by atoms with Crippen LogP contribution in [0.25, 0.3) is 0 Å². The summed E-state index contributed by atoms with van der Waals surface area (Å²) in [7, 11) is 1.65. The van der Waals surface area contributed by atoms with Crippen molar-refractivity contribution in [2.24, 2.45) is 11.8 Å². The summed E-state index contributed by atoms with van der Waals surface area (Å²) in [6.45, 7) is 14.2. The zero-order valence-electron chi connectivity index (χ0n) is 16.8. The highest BCUT2D eigenvalue weighted by Crippen LogP contribution is 2.26. The van der Waals surface area contributed by atoms with Gasteiger partial charge < -0.3 is 9.15 Å². The van der Waals surface area contributed by atoms with Gasteiger partial charge in [0.15, 0.2) is 0 Å². The van der Waals surface area contributed by atoms with Gasteiger partial charge in [-0.15, -0.1) is 5.10 Å². The molecule has 25 heavy (non-hydrogen) atoms. The largest absolute Gasteiger partial charge is 0.444 e. The Morgan fingerprint density at radius 2 is 1.84 bits per heavy atom. The fourth-order valence-electron chi connectivity index (χ4n) is 2.31. The quantitative estimate of drug-likeness (QED) is 0.742. The molecule has 0 aliphatic heterocycles. The number of hydrogen-bond donors (Lipinski definition) is 0. The van der Waals surface area contributed by atoms with E-state index in [2.05, 4.69) is 18.9 Å². The maximum Gasteiger partial charge on any atom is 0.437 e. The van der Waals surface area contributed by atoms with E-state index in [1.54, 1.807) is 7.05 Å². The molecule has 0 saturated carbocycles. The highest BCUT2D eigenvalue weighted by molar-refractivity contribution is 5.68. The van der Waals surface area contributed by atoms with Gasteiger partial charge in [-0.3, -0.25) is 4.90 Å². The first-order valence-electron chi connectivity index (χ1n) is 8.94. The van der Waals surface area contributed by atoms with Gasteiger partial charge in [0.2, 0.25) is 5.89 Å². The summed E-state index contributed by atoms with van der Waals surface area (Å²) < 4.78 is 12.1. The van der Waals surface area contributed by atoms with Crippen LogP contribution in [0.3, 0.4) is 0 Å². The topological polar surface area (TPSA) is 77.6 Å². The SMILES string of the molecule is CC(C)CCn1nc(C(CC(C)C)N(C)C(=O)OC(C)(C)C)oc1=O. The summed E-state index contributed by atoms with van der Waals surface area (Å²) in [5, 5.41) is 4.32. The van der Waals surface area contributed by atoms with Crippen LogP contribution in [0.15, 0.2) is 9.21 Å². The monoisotopic (exact) mass is 355 g/mol. The predicted octanol–water partition coefficient (Wildman–Crippen LogP) is 3.84. The molecule has 0 bridgehead atoms. The van der Waals surface area contributed by atoms with Crippen molar-refractivity contribution in [3.8, 4) is 0 Å². The number of rotatable bonds is 7. The summed E-state index contributed by atoms with van der Waals surface area (Å²) in [6.07, 6.45) is 1.00. The molecule has 1 aromatic rings. The molecule has 0 spiro atoms. The van der Waals surface area contributed by atoms with Crippen LogP contribution in [-0.2, 0) is 11.3 Å². The molecule has 0 saturated heterocycles. The Hall–Kier alpha value is -1.79. The summed E-state index contributed by atoms with van der Waals surface area (Å²) in [6, 6.07) is -0.442. The number of ether oxygens (including phenoxy) is 1. The van der Waals surface area contributed by atoms with Crippen molar-refractivity contribution < 1.29 is 13.9 Å². The third kappa shape index (κ3) is 6.92. The molecule has 0 radical (unpaired) electrons. The van der Waals surface area contributed by atoms with E-state index in [-0.39, 0.29) is 5.89 Å². The van der Waals surface area contributed by atoms with Crippen molar-refractivity contribution in [2.75, 3.05) is 7.05 Å². The molecule has 0 fully saturated rings. The van der Waals surface area contributed by atoms with E-state index in [4.69, 9.17) is 9.15 Å². The van der Waals surface area contributed by atoms with Crippen molar-refractivity contribution in [3.63, 3.8) is 0 Å².